The predicted molar refractivity (Wildman–Crippen MR) is 65.2 cm³/mol. The number of aromatic nitrogens is 1. The highest BCUT2D eigenvalue weighted by molar-refractivity contribution is 6.35. The van der Waals surface area contributed by atoms with E-state index in [-0.39, 0.29) is 5.60 Å². The van der Waals surface area contributed by atoms with Crippen LogP contribution >= 0.6 is 11.6 Å². The van der Waals surface area contributed by atoms with E-state index < -0.39 is 0 Å². The summed E-state index contributed by atoms with van der Waals surface area (Å²) in [6.07, 6.45) is 2.64. The maximum Gasteiger partial charge on any atom is 0.125 e. The number of nitrogens with zero attached hydrogens (tertiary/aromatic N) is 1. The third-order valence-electron chi connectivity index (χ3n) is 2.87. The first-order valence-corrected chi connectivity index (χ1v) is 5.69. The van der Waals surface area contributed by atoms with Gasteiger partial charge >= 0.3 is 0 Å². The lowest BCUT2D eigenvalue weighted by Gasteiger charge is -2.16. The fraction of sp³-hybridized carbons (Fsp3) is 0.308. The van der Waals surface area contributed by atoms with E-state index in [1.807, 2.05) is 12.1 Å². The third-order valence-corrected chi connectivity index (χ3v) is 3.20. The molecule has 16 heavy (non-hydrogen) atoms. The van der Waals surface area contributed by atoms with Gasteiger partial charge in [0.05, 0.1) is 10.5 Å². The molecule has 3 rings (SSSR count). The summed E-state index contributed by atoms with van der Waals surface area (Å²) in [6.45, 7) is 4.18. The summed E-state index contributed by atoms with van der Waals surface area (Å²) in [7, 11) is 0. The standard InChI is InChI=1S/C13H12ClNO/c1-13(2)7-8-5-9-10(14)3-4-15-11(9)6-12(8)16-13/h3-6H,7H2,1-2H3. The Kier molecular flexibility index (Phi) is 1.93. The van der Waals surface area contributed by atoms with Gasteiger partial charge in [0.15, 0.2) is 0 Å². The van der Waals surface area contributed by atoms with Crippen LogP contribution in [0.15, 0.2) is 24.4 Å². The lowest BCUT2D eigenvalue weighted by atomic mass is 10.0. The van der Waals surface area contributed by atoms with Crippen molar-refractivity contribution >= 4 is 22.5 Å². The Hall–Kier alpha value is -1.28. The molecule has 1 aliphatic heterocycles. The van der Waals surface area contributed by atoms with Crippen molar-refractivity contribution in [3.8, 4) is 5.75 Å². The minimum absolute atomic E-state index is 0.119. The molecule has 0 saturated heterocycles. The van der Waals surface area contributed by atoms with Crippen LogP contribution in [0.2, 0.25) is 5.02 Å². The van der Waals surface area contributed by atoms with Crippen molar-refractivity contribution in [2.24, 2.45) is 0 Å². The second kappa shape index (κ2) is 3.11. The summed E-state index contributed by atoms with van der Waals surface area (Å²) in [4.78, 5) is 4.30. The van der Waals surface area contributed by atoms with Crippen LogP contribution in [0.25, 0.3) is 10.9 Å². The minimum Gasteiger partial charge on any atom is -0.487 e. The van der Waals surface area contributed by atoms with Crippen molar-refractivity contribution in [1.29, 1.82) is 0 Å². The molecule has 1 aromatic heterocycles. The second-order valence-corrected chi connectivity index (χ2v) is 5.22. The topological polar surface area (TPSA) is 22.1 Å². The van der Waals surface area contributed by atoms with E-state index in [9.17, 15) is 0 Å². The number of halogens is 1. The summed E-state index contributed by atoms with van der Waals surface area (Å²) >= 11 is 6.15. The molecule has 0 fully saturated rings. The van der Waals surface area contributed by atoms with E-state index in [0.29, 0.717) is 0 Å². The average Bonchev–Trinajstić information content (AvgIpc) is 2.48. The fourth-order valence-corrected chi connectivity index (χ4v) is 2.42. The average molecular weight is 234 g/mol. The van der Waals surface area contributed by atoms with Crippen molar-refractivity contribution in [3.05, 3.63) is 35.0 Å². The molecule has 0 radical (unpaired) electrons. The fourth-order valence-electron chi connectivity index (χ4n) is 2.21. The van der Waals surface area contributed by atoms with Gasteiger partial charge in [-0.1, -0.05) is 11.6 Å². The van der Waals surface area contributed by atoms with Crippen LogP contribution in [-0.4, -0.2) is 10.6 Å². The van der Waals surface area contributed by atoms with E-state index in [1.165, 1.54) is 5.56 Å². The Morgan fingerprint density at radius 2 is 2.19 bits per heavy atom. The van der Waals surface area contributed by atoms with Crippen molar-refractivity contribution in [2.45, 2.75) is 25.9 Å². The molecule has 0 atom stereocenters. The summed E-state index contributed by atoms with van der Waals surface area (Å²) in [5, 5.41) is 1.75. The zero-order chi connectivity index (χ0) is 11.3. The summed E-state index contributed by atoms with van der Waals surface area (Å²) < 4.78 is 5.86. The largest absolute Gasteiger partial charge is 0.487 e. The number of pyridine rings is 1. The molecule has 0 unspecified atom stereocenters. The van der Waals surface area contributed by atoms with Crippen LogP contribution in [-0.2, 0) is 6.42 Å². The van der Waals surface area contributed by atoms with Crippen molar-refractivity contribution in [3.63, 3.8) is 0 Å². The molecule has 0 spiro atoms. The van der Waals surface area contributed by atoms with Gasteiger partial charge in [0, 0.05) is 24.1 Å². The Morgan fingerprint density at radius 3 is 3.00 bits per heavy atom. The van der Waals surface area contributed by atoms with Crippen LogP contribution in [0.3, 0.4) is 0 Å². The molecule has 3 heteroatoms. The van der Waals surface area contributed by atoms with Gasteiger partial charge in [-0.3, -0.25) is 4.98 Å². The Morgan fingerprint density at radius 1 is 1.38 bits per heavy atom. The van der Waals surface area contributed by atoms with E-state index in [1.54, 1.807) is 6.20 Å². The number of ether oxygens (including phenoxy) is 1. The maximum atomic E-state index is 6.15. The number of hydrogen-bond acceptors (Lipinski definition) is 2. The van der Waals surface area contributed by atoms with Gasteiger partial charge in [-0.15, -0.1) is 0 Å². The van der Waals surface area contributed by atoms with Crippen LogP contribution in [0.1, 0.15) is 19.4 Å². The van der Waals surface area contributed by atoms with Crippen LogP contribution in [0.4, 0.5) is 0 Å². The summed E-state index contributed by atoms with van der Waals surface area (Å²) in [6, 6.07) is 5.89. The molecule has 1 aromatic carbocycles. The molecule has 0 saturated carbocycles. The Labute approximate surface area is 99.2 Å². The molecule has 0 bridgehead atoms. The van der Waals surface area contributed by atoms with Gasteiger partial charge in [0.25, 0.3) is 0 Å². The normalized spacial score (nSPS) is 17.2. The molecular weight excluding hydrogens is 222 g/mol. The quantitative estimate of drug-likeness (QED) is 0.694. The molecular formula is C13H12ClNO. The molecule has 0 aliphatic carbocycles. The summed E-state index contributed by atoms with van der Waals surface area (Å²) in [5.74, 6) is 0.937. The van der Waals surface area contributed by atoms with Crippen molar-refractivity contribution < 1.29 is 4.74 Å². The molecule has 2 nitrogen and oxygen atoms in total. The molecule has 2 heterocycles. The maximum absolute atomic E-state index is 6.15. The number of hydrogen-bond donors (Lipinski definition) is 0. The predicted octanol–water partition coefficient (Wildman–Crippen LogP) is 3.60. The summed E-state index contributed by atoms with van der Waals surface area (Å²) in [5.41, 5.74) is 1.99. The lowest BCUT2D eigenvalue weighted by molar-refractivity contribution is 0.138. The number of benzene rings is 1. The van der Waals surface area contributed by atoms with E-state index in [2.05, 4.69) is 24.9 Å². The molecule has 2 aromatic rings. The Bertz CT molecular complexity index is 577. The number of fused-ring (bicyclic) bond motifs is 2. The second-order valence-electron chi connectivity index (χ2n) is 4.81. The molecule has 1 aliphatic rings. The van der Waals surface area contributed by atoms with Gasteiger partial charge in [-0.25, -0.2) is 0 Å². The van der Waals surface area contributed by atoms with Gasteiger partial charge in [0.1, 0.15) is 11.4 Å². The SMILES string of the molecule is CC1(C)Cc2cc3c(Cl)ccnc3cc2O1. The van der Waals surface area contributed by atoms with Gasteiger partial charge in [-0.05, 0) is 31.5 Å². The number of rotatable bonds is 0. The van der Waals surface area contributed by atoms with Crippen LogP contribution < -0.4 is 4.74 Å². The molecule has 0 amide bonds. The van der Waals surface area contributed by atoms with Crippen molar-refractivity contribution in [2.75, 3.05) is 0 Å². The first-order chi connectivity index (χ1) is 7.55. The van der Waals surface area contributed by atoms with Crippen LogP contribution in [0.5, 0.6) is 5.75 Å². The molecule has 82 valence electrons. The minimum atomic E-state index is -0.119. The Balaban J connectivity index is 2.26. The van der Waals surface area contributed by atoms with E-state index in [4.69, 9.17) is 16.3 Å². The van der Waals surface area contributed by atoms with Gasteiger partial charge in [0.2, 0.25) is 0 Å². The highest BCUT2D eigenvalue weighted by Gasteiger charge is 2.30. The highest BCUT2D eigenvalue weighted by Crippen LogP contribution is 2.38. The zero-order valence-electron chi connectivity index (χ0n) is 9.25. The highest BCUT2D eigenvalue weighted by atomic mass is 35.5. The molecule has 0 N–H and O–H groups in total. The third kappa shape index (κ3) is 1.45. The van der Waals surface area contributed by atoms with E-state index >= 15 is 0 Å². The van der Waals surface area contributed by atoms with Gasteiger partial charge in [-0.2, -0.15) is 0 Å². The van der Waals surface area contributed by atoms with Crippen molar-refractivity contribution in [1.82, 2.24) is 4.98 Å². The van der Waals surface area contributed by atoms with E-state index in [0.717, 1.165) is 28.1 Å². The first kappa shape index (κ1) is 9.91. The first-order valence-electron chi connectivity index (χ1n) is 5.31. The zero-order valence-corrected chi connectivity index (χ0v) is 10.0. The smallest absolute Gasteiger partial charge is 0.125 e. The van der Waals surface area contributed by atoms with Gasteiger partial charge < -0.3 is 4.74 Å². The monoisotopic (exact) mass is 233 g/mol. The van der Waals surface area contributed by atoms with Crippen LogP contribution in [0, 0.1) is 0 Å². The lowest BCUT2D eigenvalue weighted by Crippen LogP contribution is -2.24.